The van der Waals surface area contributed by atoms with Gasteiger partial charge in [-0.25, -0.2) is 4.68 Å². The minimum atomic E-state index is -0.662. The average Bonchev–Trinajstić information content (AvgIpc) is 3.21. The summed E-state index contributed by atoms with van der Waals surface area (Å²) in [4.78, 5) is 28.4. The molecule has 0 saturated carbocycles. The molecule has 1 atom stereocenters. The van der Waals surface area contributed by atoms with E-state index in [-0.39, 0.29) is 11.5 Å². The van der Waals surface area contributed by atoms with Crippen molar-refractivity contribution in [3.05, 3.63) is 69.3 Å². The van der Waals surface area contributed by atoms with Crippen molar-refractivity contribution in [3.8, 4) is 10.6 Å². The lowest BCUT2D eigenvalue weighted by Gasteiger charge is -2.32. The summed E-state index contributed by atoms with van der Waals surface area (Å²) in [6.45, 7) is 4.47. The molecule has 2 aromatic heterocycles. The summed E-state index contributed by atoms with van der Waals surface area (Å²) < 4.78 is 1.31. The number of benzene rings is 1. The Morgan fingerprint density at radius 2 is 2.07 bits per heavy atom. The second-order valence-electron chi connectivity index (χ2n) is 6.88. The van der Waals surface area contributed by atoms with Crippen LogP contribution in [0.2, 0.25) is 0 Å². The van der Waals surface area contributed by atoms with Gasteiger partial charge < -0.3 is 4.90 Å². The monoisotopic (exact) mass is 379 g/mol. The van der Waals surface area contributed by atoms with Crippen LogP contribution < -0.4 is 10.5 Å². The first kappa shape index (κ1) is 17.7. The number of aromatic nitrogens is 2. The molecule has 0 fully saturated rings. The van der Waals surface area contributed by atoms with Gasteiger partial charge in [-0.1, -0.05) is 23.8 Å². The number of carbonyl (C=O) groups excluding carboxylic acids is 1. The van der Waals surface area contributed by atoms with Gasteiger partial charge in [0, 0.05) is 18.3 Å². The van der Waals surface area contributed by atoms with Gasteiger partial charge in [0.05, 0.1) is 4.88 Å². The summed E-state index contributed by atoms with van der Waals surface area (Å²) >= 11 is 1.56. The molecule has 0 bridgehead atoms. The molecule has 0 N–H and O–H groups in total. The van der Waals surface area contributed by atoms with Crippen LogP contribution in [0.4, 0.5) is 5.69 Å². The van der Waals surface area contributed by atoms with Crippen molar-refractivity contribution in [1.29, 1.82) is 0 Å². The van der Waals surface area contributed by atoms with Crippen molar-refractivity contribution >= 4 is 22.9 Å². The first-order chi connectivity index (χ1) is 13.0. The summed E-state index contributed by atoms with van der Waals surface area (Å²) in [5, 5.41) is 6.43. The van der Waals surface area contributed by atoms with E-state index in [4.69, 9.17) is 0 Å². The van der Waals surface area contributed by atoms with Crippen LogP contribution in [-0.2, 0) is 11.2 Å². The van der Waals surface area contributed by atoms with E-state index in [9.17, 15) is 9.59 Å². The summed E-state index contributed by atoms with van der Waals surface area (Å²) in [6.07, 6.45) is 1.90. The molecule has 1 aliphatic heterocycles. The largest absolute Gasteiger partial charge is 0.310 e. The molecular formula is C21H21N3O2S. The second-order valence-corrected chi connectivity index (χ2v) is 7.83. The zero-order valence-electron chi connectivity index (χ0n) is 15.4. The van der Waals surface area contributed by atoms with Crippen molar-refractivity contribution in [2.45, 2.75) is 32.7 Å². The topological polar surface area (TPSA) is 55.2 Å². The van der Waals surface area contributed by atoms with E-state index in [1.807, 2.05) is 29.6 Å². The quantitative estimate of drug-likeness (QED) is 0.695. The standard InChI is InChI=1S/C21H21N3O2S/c1-14-7-9-18-16(13-14)5-3-11-23(18)21(26)15(2)24-20(25)10-8-17(22-24)19-6-4-12-27-19/h4,6-10,12-13,15H,3,5,11H2,1-2H3. The fraction of sp³-hybridized carbons (Fsp3) is 0.286. The minimum absolute atomic E-state index is 0.0993. The molecule has 3 heterocycles. The molecule has 3 aromatic rings. The van der Waals surface area contributed by atoms with Gasteiger partial charge in [-0.15, -0.1) is 11.3 Å². The molecule has 1 aromatic carbocycles. The maximum absolute atomic E-state index is 13.2. The Labute approximate surface area is 161 Å². The number of hydrogen-bond acceptors (Lipinski definition) is 4. The Morgan fingerprint density at radius 3 is 2.85 bits per heavy atom. The molecule has 0 aliphatic carbocycles. The fourth-order valence-corrected chi connectivity index (χ4v) is 4.23. The third kappa shape index (κ3) is 3.32. The third-order valence-corrected chi connectivity index (χ3v) is 5.83. The zero-order chi connectivity index (χ0) is 19.0. The summed E-state index contributed by atoms with van der Waals surface area (Å²) in [7, 11) is 0. The summed E-state index contributed by atoms with van der Waals surface area (Å²) in [5.41, 5.74) is 3.77. The van der Waals surface area contributed by atoms with Crippen LogP contribution in [0, 0.1) is 6.92 Å². The number of carbonyl (C=O) groups is 1. The highest BCUT2D eigenvalue weighted by molar-refractivity contribution is 7.13. The normalized spacial score (nSPS) is 14.7. The number of anilines is 1. The Kier molecular flexibility index (Phi) is 4.66. The van der Waals surface area contributed by atoms with Crippen LogP contribution >= 0.6 is 11.3 Å². The van der Waals surface area contributed by atoms with Gasteiger partial charge in [0.15, 0.2) is 0 Å². The SMILES string of the molecule is Cc1ccc2c(c1)CCCN2C(=O)C(C)n1nc(-c2cccs2)ccc1=O. The molecule has 0 spiro atoms. The molecular weight excluding hydrogens is 358 g/mol. The summed E-state index contributed by atoms with van der Waals surface area (Å²) in [6, 6.07) is 12.6. The molecule has 5 nitrogen and oxygen atoms in total. The van der Waals surface area contributed by atoms with E-state index in [1.54, 1.807) is 29.2 Å². The molecule has 1 amide bonds. The number of aryl methyl sites for hydroxylation is 2. The van der Waals surface area contributed by atoms with Crippen molar-refractivity contribution in [2.75, 3.05) is 11.4 Å². The Bertz CT molecular complexity index is 1040. The maximum Gasteiger partial charge on any atom is 0.267 e. The van der Waals surface area contributed by atoms with E-state index >= 15 is 0 Å². The van der Waals surface area contributed by atoms with Crippen molar-refractivity contribution < 1.29 is 4.79 Å². The highest BCUT2D eigenvalue weighted by Gasteiger charge is 2.28. The molecule has 0 radical (unpaired) electrons. The van der Waals surface area contributed by atoms with Crippen LogP contribution in [0.1, 0.15) is 30.5 Å². The molecule has 0 saturated heterocycles. The number of thiophene rings is 1. The second kappa shape index (κ2) is 7.12. The van der Waals surface area contributed by atoms with Gasteiger partial charge in [0.25, 0.3) is 11.5 Å². The molecule has 27 heavy (non-hydrogen) atoms. The lowest BCUT2D eigenvalue weighted by atomic mass is 9.99. The minimum Gasteiger partial charge on any atom is -0.310 e. The first-order valence-electron chi connectivity index (χ1n) is 9.09. The first-order valence-corrected chi connectivity index (χ1v) is 9.97. The molecule has 1 aliphatic rings. The number of nitrogens with zero attached hydrogens (tertiary/aromatic N) is 3. The van der Waals surface area contributed by atoms with Crippen LogP contribution in [-0.4, -0.2) is 22.2 Å². The number of rotatable bonds is 3. The van der Waals surface area contributed by atoms with Gasteiger partial charge in [-0.2, -0.15) is 5.10 Å². The summed E-state index contributed by atoms with van der Waals surface area (Å²) in [5.74, 6) is -0.0993. The molecule has 1 unspecified atom stereocenters. The number of amides is 1. The van der Waals surface area contributed by atoms with Gasteiger partial charge in [-0.05, 0) is 55.8 Å². The van der Waals surface area contributed by atoms with Crippen molar-refractivity contribution in [2.24, 2.45) is 0 Å². The van der Waals surface area contributed by atoms with Gasteiger partial charge in [-0.3, -0.25) is 9.59 Å². The molecule has 4 rings (SSSR count). The predicted molar refractivity (Wildman–Crippen MR) is 108 cm³/mol. The predicted octanol–water partition coefficient (Wildman–Crippen LogP) is 3.82. The van der Waals surface area contributed by atoms with E-state index in [0.717, 1.165) is 23.4 Å². The average molecular weight is 379 g/mol. The van der Waals surface area contributed by atoms with Crippen LogP contribution in [0.15, 0.2) is 52.6 Å². The van der Waals surface area contributed by atoms with Crippen LogP contribution in [0.3, 0.4) is 0 Å². The molecule has 6 heteroatoms. The Balaban J connectivity index is 1.68. The van der Waals surface area contributed by atoms with Gasteiger partial charge >= 0.3 is 0 Å². The van der Waals surface area contributed by atoms with Gasteiger partial charge in [0.1, 0.15) is 11.7 Å². The van der Waals surface area contributed by atoms with E-state index in [0.29, 0.717) is 12.2 Å². The lowest BCUT2D eigenvalue weighted by Crippen LogP contribution is -2.42. The fourth-order valence-electron chi connectivity index (χ4n) is 3.54. The lowest BCUT2D eigenvalue weighted by molar-refractivity contribution is -0.121. The van der Waals surface area contributed by atoms with E-state index in [2.05, 4.69) is 18.1 Å². The van der Waals surface area contributed by atoms with Crippen molar-refractivity contribution in [1.82, 2.24) is 9.78 Å². The maximum atomic E-state index is 13.2. The number of hydrogen-bond donors (Lipinski definition) is 0. The van der Waals surface area contributed by atoms with Gasteiger partial charge in [0.2, 0.25) is 0 Å². The van der Waals surface area contributed by atoms with E-state index < -0.39 is 6.04 Å². The number of fused-ring (bicyclic) bond motifs is 1. The Morgan fingerprint density at radius 1 is 1.22 bits per heavy atom. The van der Waals surface area contributed by atoms with Crippen molar-refractivity contribution in [3.63, 3.8) is 0 Å². The van der Waals surface area contributed by atoms with Crippen LogP contribution in [0.5, 0.6) is 0 Å². The van der Waals surface area contributed by atoms with E-state index in [1.165, 1.54) is 21.9 Å². The smallest absolute Gasteiger partial charge is 0.267 e. The zero-order valence-corrected chi connectivity index (χ0v) is 16.2. The third-order valence-electron chi connectivity index (χ3n) is 4.94. The molecule has 138 valence electrons. The van der Waals surface area contributed by atoms with Crippen LogP contribution in [0.25, 0.3) is 10.6 Å². The highest BCUT2D eigenvalue weighted by atomic mass is 32.1. The Hall–Kier alpha value is -2.73. The highest BCUT2D eigenvalue weighted by Crippen LogP contribution is 2.30.